The Morgan fingerprint density at radius 3 is 2.32 bits per heavy atom. The molecule has 0 unspecified atom stereocenters. The number of hydrogen-bond donors (Lipinski definition) is 1. The first-order chi connectivity index (χ1) is 9.19. The molecule has 0 amide bonds. The molecule has 0 radical (unpaired) electrons. The van der Waals surface area contributed by atoms with E-state index in [9.17, 15) is 0 Å². The van der Waals surface area contributed by atoms with Crippen LogP contribution in [-0.2, 0) is 9.47 Å². The lowest BCUT2D eigenvalue weighted by Gasteiger charge is -2.23. The zero-order valence-corrected chi connectivity index (χ0v) is 13.1. The molecule has 1 aromatic rings. The Balaban J connectivity index is 3.02. The van der Waals surface area contributed by atoms with Crippen LogP contribution in [0.2, 0.25) is 0 Å². The summed E-state index contributed by atoms with van der Waals surface area (Å²) in [5.41, 5.74) is 6.58. The summed E-state index contributed by atoms with van der Waals surface area (Å²) in [5, 5.41) is 10.1. The molecule has 0 aliphatic carbocycles. The van der Waals surface area contributed by atoms with Crippen LogP contribution in [0.25, 0.3) is 0 Å². The van der Waals surface area contributed by atoms with E-state index in [0.29, 0.717) is 23.8 Å². The summed E-state index contributed by atoms with van der Waals surface area (Å²) in [4.78, 5) is 3.69. The fraction of sp³-hybridized carbons (Fsp3) is 0.583. The van der Waals surface area contributed by atoms with Crippen LogP contribution in [0.5, 0.6) is 0 Å². The van der Waals surface area contributed by atoms with Gasteiger partial charge in [0.05, 0.1) is 23.8 Å². The molecule has 7 heteroatoms. The zero-order chi connectivity index (χ0) is 14.3. The second-order valence-corrected chi connectivity index (χ2v) is 5.58. The molecule has 0 aromatic carbocycles. The van der Waals surface area contributed by atoms with Gasteiger partial charge >= 0.3 is 0 Å². The van der Waals surface area contributed by atoms with Crippen LogP contribution in [0.3, 0.4) is 0 Å². The fourth-order valence-corrected chi connectivity index (χ4v) is 3.65. The predicted octanol–water partition coefficient (Wildman–Crippen LogP) is 2.02. The summed E-state index contributed by atoms with van der Waals surface area (Å²) in [7, 11) is 3.35. The van der Waals surface area contributed by atoms with Crippen molar-refractivity contribution in [1.82, 2.24) is 0 Å². The van der Waals surface area contributed by atoms with Gasteiger partial charge in [0.25, 0.3) is 0 Å². The molecule has 1 rings (SSSR count). The van der Waals surface area contributed by atoms with Crippen LogP contribution in [0.1, 0.15) is 4.88 Å². The van der Waals surface area contributed by atoms with Crippen LogP contribution < -0.4 is 10.6 Å². The highest BCUT2D eigenvalue weighted by Crippen LogP contribution is 2.43. The zero-order valence-electron chi connectivity index (χ0n) is 11.4. The maximum atomic E-state index is 9.09. The Labute approximate surface area is 122 Å². The minimum Gasteiger partial charge on any atom is -0.396 e. The lowest BCUT2D eigenvalue weighted by Crippen LogP contribution is -2.30. The van der Waals surface area contributed by atoms with E-state index in [1.807, 2.05) is 6.26 Å². The Morgan fingerprint density at radius 1 is 1.32 bits per heavy atom. The summed E-state index contributed by atoms with van der Waals surface area (Å²) < 4.78 is 10.3. The third kappa shape index (κ3) is 4.01. The predicted molar refractivity (Wildman–Crippen MR) is 81.2 cm³/mol. The number of nitrogens with two attached hydrogens (primary N) is 1. The maximum Gasteiger partial charge on any atom is 0.131 e. The van der Waals surface area contributed by atoms with E-state index in [0.717, 1.165) is 23.0 Å². The van der Waals surface area contributed by atoms with E-state index in [-0.39, 0.29) is 0 Å². The normalized spacial score (nSPS) is 10.4. The van der Waals surface area contributed by atoms with Crippen molar-refractivity contribution < 1.29 is 9.47 Å². The van der Waals surface area contributed by atoms with Crippen molar-refractivity contribution in [1.29, 1.82) is 5.26 Å². The van der Waals surface area contributed by atoms with E-state index in [1.165, 1.54) is 11.3 Å². The van der Waals surface area contributed by atoms with Crippen molar-refractivity contribution in [2.75, 3.05) is 57.4 Å². The van der Waals surface area contributed by atoms with Gasteiger partial charge in [-0.3, -0.25) is 0 Å². The molecular formula is C12H19N3O2S2. The number of nitrogen functional groups attached to an aromatic ring is 1. The summed E-state index contributed by atoms with van der Waals surface area (Å²) in [6, 6.07) is 2.15. The summed E-state index contributed by atoms with van der Waals surface area (Å²) >= 11 is 2.99. The Bertz CT molecular complexity index is 435. The number of anilines is 2. The molecule has 0 saturated carbocycles. The molecule has 106 valence electrons. The lowest BCUT2D eigenvalue weighted by molar-refractivity contribution is 0.190. The standard InChI is InChI=1S/C12H19N3O2S2/c1-16-6-4-15(5-7-17-2)12-11(18-3)10(14)9(8-13)19-12/h4-7,14H2,1-3H3. The number of thioether (sulfide) groups is 1. The quantitative estimate of drug-likeness (QED) is 0.741. The van der Waals surface area contributed by atoms with Crippen LogP contribution >= 0.6 is 23.1 Å². The molecular weight excluding hydrogens is 282 g/mol. The first kappa shape index (κ1) is 16.1. The van der Waals surface area contributed by atoms with E-state index >= 15 is 0 Å². The van der Waals surface area contributed by atoms with E-state index in [4.69, 9.17) is 20.5 Å². The Kier molecular flexibility index (Phi) is 7.02. The summed E-state index contributed by atoms with van der Waals surface area (Å²) in [5.74, 6) is 0. The molecule has 0 aliphatic heterocycles. The van der Waals surface area contributed by atoms with Gasteiger partial charge in [0, 0.05) is 27.3 Å². The number of hydrogen-bond acceptors (Lipinski definition) is 7. The van der Waals surface area contributed by atoms with E-state index in [1.54, 1.807) is 26.0 Å². The van der Waals surface area contributed by atoms with Crippen molar-refractivity contribution in [2.45, 2.75) is 4.90 Å². The summed E-state index contributed by atoms with van der Waals surface area (Å²) in [6.45, 7) is 2.74. The van der Waals surface area contributed by atoms with Crippen molar-refractivity contribution >= 4 is 33.8 Å². The molecule has 2 N–H and O–H groups in total. The van der Waals surface area contributed by atoms with Crippen molar-refractivity contribution in [2.24, 2.45) is 0 Å². The molecule has 0 bridgehead atoms. The molecule has 1 aromatic heterocycles. The third-order valence-corrected chi connectivity index (χ3v) is 4.73. The second kappa shape index (κ2) is 8.27. The molecule has 0 saturated heterocycles. The summed E-state index contributed by atoms with van der Waals surface area (Å²) in [6.07, 6.45) is 1.97. The lowest BCUT2D eigenvalue weighted by atomic mass is 10.4. The number of nitrogens with zero attached hydrogens (tertiary/aromatic N) is 2. The first-order valence-electron chi connectivity index (χ1n) is 5.78. The second-order valence-electron chi connectivity index (χ2n) is 3.77. The van der Waals surface area contributed by atoms with Gasteiger partial charge in [0.2, 0.25) is 0 Å². The highest BCUT2D eigenvalue weighted by Gasteiger charge is 2.20. The van der Waals surface area contributed by atoms with Crippen molar-refractivity contribution in [3.05, 3.63) is 4.88 Å². The van der Waals surface area contributed by atoms with Crippen LogP contribution in [-0.4, -0.2) is 46.8 Å². The average molecular weight is 301 g/mol. The smallest absolute Gasteiger partial charge is 0.131 e. The van der Waals surface area contributed by atoms with Crippen molar-refractivity contribution in [3.63, 3.8) is 0 Å². The Hall–Kier alpha value is -0.940. The molecule has 19 heavy (non-hydrogen) atoms. The highest BCUT2D eigenvalue weighted by atomic mass is 32.2. The van der Waals surface area contributed by atoms with Gasteiger partial charge in [-0.05, 0) is 6.26 Å². The number of methoxy groups -OCH3 is 2. The first-order valence-corrected chi connectivity index (χ1v) is 7.82. The van der Waals surface area contributed by atoms with Crippen LogP contribution in [0.15, 0.2) is 4.90 Å². The molecule has 0 aliphatic rings. The van der Waals surface area contributed by atoms with Gasteiger partial charge in [-0.2, -0.15) is 5.26 Å². The molecule has 1 heterocycles. The minimum absolute atomic E-state index is 0.569. The van der Waals surface area contributed by atoms with Gasteiger partial charge in [0.1, 0.15) is 15.9 Å². The maximum absolute atomic E-state index is 9.09. The third-order valence-electron chi connectivity index (χ3n) is 2.61. The van der Waals surface area contributed by atoms with Gasteiger partial charge in [-0.15, -0.1) is 23.1 Å². The number of thiophene rings is 1. The largest absolute Gasteiger partial charge is 0.396 e. The SMILES string of the molecule is COCCN(CCOC)c1sc(C#N)c(N)c1SC. The van der Waals surface area contributed by atoms with Crippen molar-refractivity contribution in [3.8, 4) is 6.07 Å². The Morgan fingerprint density at radius 2 is 1.89 bits per heavy atom. The topological polar surface area (TPSA) is 71.5 Å². The molecule has 0 spiro atoms. The van der Waals surface area contributed by atoms with Gasteiger partial charge in [0.15, 0.2) is 0 Å². The molecule has 0 atom stereocenters. The van der Waals surface area contributed by atoms with Gasteiger partial charge < -0.3 is 20.1 Å². The van der Waals surface area contributed by atoms with Crippen LogP contribution in [0, 0.1) is 11.3 Å². The van der Waals surface area contributed by atoms with E-state index in [2.05, 4.69) is 11.0 Å². The number of ether oxygens (including phenoxy) is 2. The highest BCUT2D eigenvalue weighted by molar-refractivity contribution is 7.99. The number of nitriles is 1. The van der Waals surface area contributed by atoms with Gasteiger partial charge in [-0.25, -0.2) is 0 Å². The minimum atomic E-state index is 0.569. The fourth-order valence-electron chi connectivity index (χ4n) is 1.62. The van der Waals surface area contributed by atoms with Crippen LogP contribution in [0.4, 0.5) is 10.7 Å². The van der Waals surface area contributed by atoms with E-state index < -0.39 is 0 Å². The molecule has 0 fully saturated rings. The molecule has 5 nitrogen and oxygen atoms in total. The monoisotopic (exact) mass is 301 g/mol. The number of rotatable bonds is 8. The average Bonchev–Trinajstić information content (AvgIpc) is 2.75. The van der Waals surface area contributed by atoms with Gasteiger partial charge in [-0.1, -0.05) is 0 Å².